The van der Waals surface area contributed by atoms with Crippen LogP contribution in [-0.2, 0) is 13.0 Å². The van der Waals surface area contributed by atoms with Crippen molar-refractivity contribution in [1.82, 2.24) is 19.2 Å². The molecule has 1 amide bonds. The van der Waals surface area contributed by atoms with E-state index < -0.39 is 0 Å². The molecule has 1 atom stereocenters. The van der Waals surface area contributed by atoms with Crippen LogP contribution >= 0.6 is 11.3 Å². The Balaban J connectivity index is 1.54. The number of hydrogen-bond donors (Lipinski definition) is 0. The second kappa shape index (κ2) is 6.66. The molecule has 0 N–H and O–H groups in total. The standard InChI is InChI=1S/C19H20N4O2S/c1-21-11-14-6-4-3-5-13(14)9-15(21)12-22(2)17(24)16-10-20-19-23(18(16)25)7-8-26-19/h3-8,10,15H,9,11-12H2,1-2H3/t15-/m1/s1. The highest BCUT2D eigenvalue weighted by Crippen LogP contribution is 2.22. The fraction of sp³-hybridized carbons (Fsp3) is 0.316. The molecule has 4 rings (SSSR count). The molecule has 0 saturated carbocycles. The van der Waals surface area contributed by atoms with Gasteiger partial charge in [0.2, 0.25) is 0 Å². The molecule has 0 fully saturated rings. The van der Waals surface area contributed by atoms with Crippen LogP contribution in [0.3, 0.4) is 0 Å². The van der Waals surface area contributed by atoms with Gasteiger partial charge in [-0.15, -0.1) is 11.3 Å². The van der Waals surface area contributed by atoms with E-state index in [4.69, 9.17) is 0 Å². The van der Waals surface area contributed by atoms with Gasteiger partial charge < -0.3 is 4.90 Å². The number of fused-ring (bicyclic) bond motifs is 2. The summed E-state index contributed by atoms with van der Waals surface area (Å²) in [6, 6.07) is 8.64. The molecular weight excluding hydrogens is 348 g/mol. The lowest BCUT2D eigenvalue weighted by molar-refractivity contribution is 0.0731. The predicted molar refractivity (Wildman–Crippen MR) is 102 cm³/mol. The van der Waals surface area contributed by atoms with Crippen molar-refractivity contribution in [1.29, 1.82) is 0 Å². The molecule has 0 spiro atoms. The summed E-state index contributed by atoms with van der Waals surface area (Å²) in [5, 5.41) is 1.79. The van der Waals surface area contributed by atoms with E-state index in [1.165, 1.54) is 33.1 Å². The molecule has 1 aromatic carbocycles. The molecule has 0 aliphatic carbocycles. The molecule has 1 aliphatic heterocycles. The number of aromatic nitrogens is 2. The lowest BCUT2D eigenvalue weighted by Gasteiger charge is -2.36. The molecule has 2 aromatic heterocycles. The van der Waals surface area contributed by atoms with Gasteiger partial charge in [0.1, 0.15) is 5.56 Å². The second-order valence-electron chi connectivity index (χ2n) is 6.76. The van der Waals surface area contributed by atoms with Gasteiger partial charge in [-0.3, -0.25) is 18.9 Å². The third-order valence-corrected chi connectivity index (χ3v) is 5.79. The van der Waals surface area contributed by atoms with Crippen LogP contribution in [0.25, 0.3) is 4.96 Å². The van der Waals surface area contributed by atoms with Gasteiger partial charge >= 0.3 is 0 Å². The van der Waals surface area contributed by atoms with Gasteiger partial charge in [0, 0.05) is 44.0 Å². The molecule has 0 saturated heterocycles. The van der Waals surface area contributed by atoms with Gasteiger partial charge in [-0.1, -0.05) is 24.3 Å². The van der Waals surface area contributed by atoms with Gasteiger partial charge in [-0.2, -0.15) is 0 Å². The lowest BCUT2D eigenvalue weighted by atomic mass is 9.94. The predicted octanol–water partition coefficient (Wildman–Crippen LogP) is 1.88. The van der Waals surface area contributed by atoms with E-state index in [1.807, 2.05) is 0 Å². The average Bonchev–Trinajstić information content (AvgIpc) is 3.12. The minimum atomic E-state index is -0.310. The summed E-state index contributed by atoms with van der Waals surface area (Å²) in [6.07, 6.45) is 3.94. The first-order valence-corrected chi connectivity index (χ1v) is 9.40. The quantitative estimate of drug-likeness (QED) is 0.708. The van der Waals surface area contributed by atoms with Gasteiger partial charge in [-0.25, -0.2) is 4.98 Å². The van der Waals surface area contributed by atoms with Crippen molar-refractivity contribution in [3.05, 3.63) is 69.1 Å². The Morgan fingerprint density at radius 2 is 2.12 bits per heavy atom. The van der Waals surface area contributed by atoms with Crippen molar-refractivity contribution in [2.45, 2.75) is 19.0 Å². The van der Waals surface area contributed by atoms with E-state index in [0.717, 1.165) is 13.0 Å². The largest absolute Gasteiger partial charge is 0.340 e. The highest BCUT2D eigenvalue weighted by Gasteiger charge is 2.27. The van der Waals surface area contributed by atoms with Crippen molar-refractivity contribution < 1.29 is 4.79 Å². The first-order chi connectivity index (χ1) is 12.5. The summed E-state index contributed by atoms with van der Waals surface area (Å²) in [6.45, 7) is 1.43. The van der Waals surface area contributed by atoms with Crippen LogP contribution in [0.2, 0.25) is 0 Å². The summed E-state index contributed by atoms with van der Waals surface area (Å²) >= 11 is 1.37. The summed E-state index contributed by atoms with van der Waals surface area (Å²) in [5.41, 5.74) is 2.47. The van der Waals surface area contributed by atoms with Gasteiger partial charge in [0.15, 0.2) is 4.96 Å². The zero-order valence-corrected chi connectivity index (χ0v) is 15.6. The van der Waals surface area contributed by atoms with E-state index in [2.05, 4.69) is 41.2 Å². The maximum Gasteiger partial charge on any atom is 0.271 e. The van der Waals surface area contributed by atoms with Crippen LogP contribution in [0.15, 0.2) is 46.8 Å². The molecule has 26 heavy (non-hydrogen) atoms. The van der Waals surface area contributed by atoms with Gasteiger partial charge in [0.25, 0.3) is 11.5 Å². The van der Waals surface area contributed by atoms with Crippen LogP contribution in [0.4, 0.5) is 0 Å². The first-order valence-electron chi connectivity index (χ1n) is 8.52. The minimum Gasteiger partial charge on any atom is -0.340 e. The molecule has 3 aromatic rings. The molecule has 0 radical (unpaired) electrons. The normalized spacial score (nSPS) is 17.2. The molecule has 3 heterocycles. The average molecular weight is 368 g/mol. The van der Waals surface area contributed by atoms with Crippen LogP contribution in [0, 0.1) is 0 Å². The molecule has 6 nitrogen and oxygen atoms in total. The molecule has 0 unspecified atom stereocenters. The van der Waals surface area contributed by atoms with E-state index in [0.29, 0.717) is 11.5 Å². The number of benzene rings is 1. The van der Waals surface area contributed by atoms with Crippen molar-refractivity contribution in [2.24, 2.45) is 0 Å². The van der Waals surface area contributed by atoms with Crippen molar-refractivity contribution in [2.75, 3.05) is 20.6 Å². The molecular formula is C19H20N4O2S. The third-order valence-electron chi connectivity index (χ3n) is 5.02. The summed E-state index contributed by atoms with van der Waals surface area (Å²) < 4.78 is 1.43. The number of likely N-dealkylation sites (N-methyl/N-ethyl adjacent to an activating group) is 2. The number of hydrogen-bond acceptors (Lipinski definition) is 5. The van der Waals surface area contributed by atoms with E-state index in [9.17, 15) is 9.59 Å². The Morgan fingerprint density at radius 3 is 2.92 bits per heavy atom. The number of carbonyl (C=O) groups is 1. The molecule has 1 aliphatic rings. The minimum absolute atomic E-state index is 0.113. The van der Waals surface area contributed by atoms with Crippen LogP contribution < -0.4 is 5.56 Å². The van der Waals surface area contributed by atoms with E-state index in [-0.39, 0.29) is 23.1 Å². The Bertz CT molecular complexity index is 1030. The monoisotopic (exact) mass is 368 g/mol. The topological polar surface area (TPSA) is 57.9 Å². The number of rotatable bonds is 3. The van der Waals surface area contributed by atoms with Crippen LogP contribution in [-0.4, -0.2) is 51.8 Å². The zero-order valence-electron chi connectivity index (χ0n) is 14.8. The van der Waals surface area contributed by atoms with E-state index >= 15 is 0 Å². The number of nitrogens with zero attached hydrogens (tertiary/aromatic N) is 4. The van der Waals surface area contributed by atoms with Gasteiger partial charge in [-0.05, 0) is 24.6 Å². The lowest BCUT2D eigenvalue weighted by Crippen LogP contribution is -2.46. The zero-order chi connectivity index (χ0) is 18.3. The molecule has 7 heteroatoms. The fourth-order valence-electron chi connectivity index (χ4n) is 3.50. The summed E-state index contributed by atoms with van der Waals surface area (Å²) in [4.78, 5) is 34.1. The Labute approximate surface area is 155 Å². The fourth-order valence-corrected chi connectivity index (χ4v) is 4.17. The smallest absolute Gasteiger partial charge is 0.271 e. The summed E-state index contributed by atoms with van der Waals surface area (Å²) in [7, 11) is 3.82. The molecule has 134 valence electrons. The van der Waals surface area contributed by atoms with Crippen molar-refractivity contribution >= 4 is 22.2 Å². The number of amides is 1. The first kappa shape index (κ1) is 16.9. The maximum absolute atomic E-state index is 12.8. The summed E-state index contributed by atoms with van der Waals surface area (Å²) in [5.74, 6) is -0.282. The van der Waals surface area contributed by atoms with Crippen molar-refractivity contribution in [3.8, 4) is 0 Å². The SMILES string of the molecule is CN(C[C@H]1Cc2ccccc2CN1C)C(=O)c1cnc2sccn2c1=O. The highest BCUT2D eigenvalue weighted by molar-refractivity contribution is 7.15. The van der Waals surface area contributed by atoms with Gasteiger partial charge in [0.05, 0.1) is 0 Å². The molecule has 0 bridgehead atoms. The maximum atomic E-state index is 12.8. The Kier molecular flexibility index (Phi) is 4.34. The Hall–Kier alpha value is -2.51. The van der Waals surface area contributed by atoms with E-state index in [1.54, 1.807) is 23.5 Å². The number of carbonyl (C=O) groups excluding carboxylic acids is 1. The van der Waals surface area contributed by atoms with Crippen molar-refractivity contribution in [3.63, 3.8) is 0 Å². The Morgan fingerprint density at radius 1 is 1.35 bits per heavy atom. The van der Waals surface area contributed by atoms with Crippen LogP contribution in [0.1, 0.15) is 21.5 Å². The highest BCUT2D eigenvalue weighted by atomic mass is 32.1. The third kappa shape index (κ3) is 2.93. The van der Waals surface area contributed by atoms with Crippen LogP contribution in [0.5, 0.6) is 0 Å². The second-order valence-corrected chi connectivity index (χ2v) is 7.63. The number of thiazole rings is 1.